The molecule has 100 valence electrons. The summed E-state index contributed by atoms with van der Waals surface area (Å²) < 4.78 is 39.4. The van der Waals surface area contributed by atoms with E-state index in [-0.39, 0.29) is 0 Å². The molecule has 1 aliphatic rings. The highest BCUT2D eigenvalue weighted by Gasteiger charge is 2.31. The van der Waals surface area contributed by atoms with Crippen LogP contribution in [0.2, 0.25) is 0 Å². The zero-order chi connectivity index (χ0) is 13.2. The quantitative estimate of drug-likeness (QED) is 0.824. The number of nitrogens with zero attached hydrogens (tertiary/aromatic N) is 2. The third-order valence-corrected chi connectivity index (χ3v) is 5.22. The second-order valence-electron chi connectivity index (χ2n) is 4.54. The summed E-state index contributed by atoms with van der Waals surface area (Å²) in [5, 5.41) is -0.467. The van der Waals surface area contributed by atoms with Gasteiger partial charge in [-0.2, -0.15) is 4.31 Å². The Balaban J connectivity index is 2.25. The summed E-state index contributed by atoms with van der Waals surface area (Å²) in [6.07, 6.45) is 4.56. The first-order chi connectivity index (χ1) is 8.55. The van der Waals surface area contributed by atoms with E-state index in [1.54, 1.807) is 6.92 Å². The molecular formula is C12H17FN2O2S. The van der Waals surface area contributed by atoms with E-state index in [9.17, 15) is 12.8 Å². The summed E-state index contributed by atoms with van der Waals surface area (Å²) in [6, 6.07) is 2.51. The SMILES string of the molecule is CCN(CC1CCC1)S(=O)(=O)c1ncccc1F. The third kappa shape index (κ3) is 2.54. The fraction of sp³-hybridized carbons (Fsp3) is 0.583. The topological polar surface area (TPSA) is 50.3 Å². The fourth-order valence-corrected chi connectivity index (χ4v) is 3.54. The Morgan fingerprint density at radius 3 is 2.72 bits per heavy atom. The summed E-state index contributed by atoms with van der Waals surface area (Å²) in [5.74, 6) is -0.379. The van der Waals surface area contributed by atoms with Gasteiger partial charge in [-0.25, -0.2) is 17.8 Å². The minimum absolute atomic E-state index is 0.342. The van der Waals surface area contributed by atoms with Crippen LogP contribution < -0.4 is 0 Å². The zero-order valence-electron chi connectivity index (χ0n) is 10.3. The van der Waals surface area contributed by atoms with Crippen LogP contribution in [0.5, 0.6) is 0 Å². The molecule has 0 unspecified atom stereocenters. The van der Waals surface area contributed by atoms with Gasteiger partial charge in [0.05, 0.1) is 0 Å². The van der Waals surface area contributed by atoms with Crippen molar-refractivity contribution >= 4 is 10.0 Å². The molecule has 0 radical (unpaired) electrons. The van der Waals surface area contributed by atoms with E-state index in [2.05, 4.69) is 4.98 Å². The molecule has 0 amide bonds. The number of aromatic nitrogens is 1. The second kappa shape index (κ2) is 5.32. The van der Waals surface area contributed by atoms with Crippen molar-refractivity contribution < 1.29 is 12.8 Å². The van der Waals surface area contributed by atoms with Crippen LogP contribution in [0.3, 0.4) is 0 Å². The maximum Gasteiger partial charge on any atom is 0.263 e. The molecule has 1 aromatic heterocycles. The molecule has 0 aromatic carbocycles. The average molecular weight is 272 g/mol. The lowest BCUT2D eigenvalue weighted by molar-refractivity contribution is 0.249. The molecule has 1 heterocycles. The molecule has 1 saturated carbocycles. The standard InChI is InChI=1S/C12H17FN2O2S/c1-2-15(9-10-5-3-6-10)18(16,17)12-11(13)7-4-8-14-12/h4,7-8,10H,2-3,5-6,9H2,1H3. The Kier molecular flexibility index (Phi) is 3.97. The molecule has 18 heavy (non-hydrogen) atoms. The zero-order valence-corrected chi connectivity index (χ0v) is 11.2. The molecule has 0 spiro atoms. The van der Waals surface area contributed by atoms with Crippen LogP contribution in [0, 0.1) is 11.7 Å². The van der Waals surface area contributed by atoms with Crippen molar-refractivity contribution in [2.75, 3.05) is 13.1 Å². The van der Waals surface area contributed by atoms with Gasteiger partial charge < -0.3 is 0 Å². The molecule has 1 aliphatic carbocycles. The number of halogens is 1. The predicted octanol–water partition coefficient (Wildman–Crippen LogP) is 2.03. The molecule has 0 atom stereocenters. The Morgan fingerprint density at radius 1 is 1.50 bits per heavy atom. The van der Waals surface area contributed by atoms with Crippen LogP contribution in [-0.2, 0) is 10.0 Å². The minimum atomic E-state index is -3.81. The molecule has 0 aliphatic heterocycles. The van der Waals surface area contributed by atoms with Gasteiger partial charge in [0.1, 0.15) is 0 Å². The molecule has 6 heteroatoms. The fourth-order valence-electron chi connectivity index (χ4n) is 2.04. The van der Waals surface area contributed by atoms with Gasteiger partial charge in [0.25, 0.3) is 10.0 Å². The average Bonchev–Trinajstić information content (AvgIpc) is 2.27. The first-order valence-electron chi connectivity index (χ1n) is 6.16. The van der Waals surface area contributed by atoms with Gasteiger partial charge in [0, 0.05) is 19.3 Å². The van der Waals surface area contributed by atoms with Gasteiger partial charge in [-0.1, -0.05) is 13.3 Å². The number of hydrogen-bond acceptors (Lipinski definition) is 3. The van der Waals surface area contributed by atoms with Crippen LogP contribution in [0.15, 0.2) is 23.4 Å². The Bertz CT molecular complexity index is 515. The normalized spacial score (nSPS) is 16.8. The highest BCUT2D eigenvalue weighted by Crippen LogP contribution is 2.29. The third-order valence-electron chi connectivity index (χ3n) is 3.35. The van der Waals surface area contributed by atoms with Crippen LogP contribution in [0.25, 0.3) is 0 Å². The van der Waals surface area contributed by atoms with Crippen molar-refractivity contribution in [3.8, 4) is 0 Å². The Labute approximate surface area is 107 Å². The maximum atomic E-state index is 13.5. The molecular weight excluding hydrogens is 255 g/mol. The second-order valence-corrected chi connectivity index (χ2v) is 6.40. The van der Waals surface area contributed by atoms with E-state index in [0.29, 0.717) is 19.0 Å². The van der Waals surface area contributed by atoms with Crippen molar-refractivity contribution in [2.24, 2.45) is 5.92 Å². The largest absolute Gasteiger partial charge is 0.263 e. The molecule has 1 fully saturated rings. The number of sulfonamides is 1. The van der Waals surface area contributed by atoms with Gasteiger partial charge in [-0.3, -0.25) is 0 Å². The molecule has 0 bridgehead atoms. The van der Waals surface area contributed by atoms with Crippen molar-refractivity contribution in [2.45, 2.75) is 31.2 Å². The lowest BCUT2D eigenvalue weighted by atomic mass is 9.85. The van der Waals surface area contributed by atoms with Crippen molar-refractivity contribution in [3.05, 3.63) is 24.1 Å². The van der Waals surface area contributed by atoms with Gasteiger partial charge in [-0.15, -0.1) is 0 Å². The molecule has 4 nitrogen and oxygen atoms in total. The lowest BCUT2D eigenvalue weighted by Gasteiger charge is -2.30. The minimum Gasteiger partial charge on any atom is -0.241 e. The van der Waals surface area contributed by atoms with Crippen molar-refractivity contribution in [1.82, 2.24) is 9.29 Å². The summed E-state index contributed by atoms with van der Waals surface area (Å²) >= 11 is 0. The summed E-state index contributed by atoms with van der Waals surface area (Å²) in [7, 11) is -3.81. The van der Waals surface area contributed by atoms with Crippen LogP contribution in [0.1, 0.15) is 26.2 Å². The summed E-state index contributed by atoms with van der Waals surface area (Å²) in [4.78, 5) is 3.67. The van der Waals surface area contributed by atoms with E-state index >= 15 is 0 Å². The predicted molar refractivity (Wildman–Crippen MR) is 66.0 cm³/mol. The molecule has 0 N–H and O–H groups in total. The van der Waals surface area contributed by atoms with E-state index < -0.39 is 20.9 Å². The van der Waals surface area contributed by atoms with E-state index in [1.165, 1.54) is 16.6 Å². The Hall–Kier alpha value is -1.01. The molecule has 0 saturated heterocycles. The van der Waals surface area contributed by atoms with Crippen LogP contribution >= 0.6 is 0 Å². The van der Waals surface area contributed by atoms with Gasteiger partial charge in [0.15, 0.2) is 5.82 Å². The number of hydrogen-bond donors (Lipinski definition) is 0. The maximum absolute atomic E-state index is 13.5. The molecule has 1 aromatic rings. The van der Waals surface area contributed by atoms with Gasteiger partial charge in [0.2, 0.25) is 5.03 Å². The summed E-state index contributed by atoms with van der Waals surface area (Å²) in [5.41, 5.74) is 0. The van der Waals surface area contributed by atoms with E-state index in [4.69, 9.17) is 0 Å². The van der Waals surface area contributed by atoms with Crippen molar-refractivity contribution in [1.29, 1.82) is 0 Å². The smallest absolute Gasteiger partial charge is 0.241 e. The van der Waals surface area contributed by atoms with Crippen LogP contribution in [-0.4, -0.2) is 30.8 Å². The number of pyridine rings is 1. The first kappa shape index (κ1) is 13.4. The van der Waals surface area contributed by atoms with Gasteiger partial charge >= 0.3 is 0 Å². The van der Waals surface area contributed by atoms with Gasteiger partial charge in [-0.05, 0) is 30.9 Å². The van der Waals surface area contributed by atoms with Crippen LogP contribution in [0.4, 0.5) is 4.39 Å². The lowest BCUT2D eigenvalue weighted by Crippen LogP contribution is -2.38. The Morgan fingerprint density at radius 2 is 2.22 bits per heavy atom. The highest BCUT2D eigenvalue weighted by molar-refractivity contribution is 7.89. The highest BCUT2D eigenvalue weighted by atomic mass is 32.2. The summed E-state index contributed by atoms with van der Waals surface area (Å²) in [6.45, 7) is 2.57. The van der Waals surface area contributed by atoms with E-state index in [1.807, 2.05) is 0 Å². The van der Waals surface area contributed by atoms with E-state index in [0.717, 1.165) is 25.3 Å². The molecule has 2 rings (SSSR count). The first-order valence-corrected chi connectivity index (χ1v) is 7.60. The monoisotopic (exact) mass is 272 g/mol. The van der Waals surface area contributed by atoms with Crippen molar-refractivity contribution in [3.63, 3.8) is 0 Å². The number of rotatable bonds is 5.